The molecule has 2 aromatic heterocycles. The quantitative estimate of drug-likeness (QED) is 0.275. The highest BCUT2D eigenvalue weighted by molar-refractivity contribution is 5.93. The number of benzene rings is 1. The molecule has 4 rings (SSSR count). The highest BCUT2D eigenvalue weighted by Gasteiger charge is 2.41. The number of hydrogen-bond acceptors (Lipinski definition) is 6. The fourth-order valence-corrected chi connectivity index (χ4v) is 4.89. The molecule has 0 unspecified atom stereocenters. The number of carbonyl (C=O) groups is 2. The van der Waals surface area contributed by atoms with E-state index in [0.717, 1.165) is 6.07 Å². The molecule has 9 nitrogen and oxygen atoms in total. The van der Waals surface area contributed by atoms with E-state index in [4.69, 9.17) is 0 Å². The summed E-state index contributed by atoms with van der Waals surface area (Å²) in [5.74, 6) is -9.01. The van der Waals surface area contributed by atoms with Crippen molar-refractivity contribution in [3.05, 3.63) is 40.7 Å². The molecule has 2 heterocycles. The zero-order valence-corrected chi connectivity index (χ0v) is 22.2. The zero-order chi connectivity index (χ0) is 31.0. The summed E-state index contributed by atoms with van der Waals surface area (Å²) in [6.45, 7) is 2.06. The van der Waals surface area contributed by atoms with Crippen LogP contribution in [-0.2, 0) is 4.79 Å². The summed E-state index contributed by atoms with van der Waals surface area (Å²) in [4.78, 5) is 32.5. The topological polar surface area (TPSA) is 126 Å². The third kappa shape index (κ3) is 6.81. The number of aryl methyl sites for hydroxylation is 1. The maximum absolute atomic E-state index is 15.7. The van der Waals surface area contributed by atoms with E-state index in [1.807, 2.05) is 0 Å². The standard InChI is InChI=1S/C25H26F8N6O3/c1-10-18(39-42-38-10)23(41)37-19(12-5-7-24(29,30)8-6-12)21-35-15-4-3-13(17(28)20(15)36-21)14(9-16(26)27)22(40)34-11(2)25(31,32)33/h3-4,11-12,14,16,19H,5-9H2,1-2H3,(H,34,40)(H,35,36)(H,37,41)/t11-,14+,19-/m0/s1. The van der Waals surface area contributed by atoms with Gasteiger partial charge in [-0.1, -0.05) is 11.2 Å². The molecule has 3 atom stereocenters. The van der Waals surface area contributed by atoms with Gasteiger partial charge in [0, 0.05) is 24.8 Å². The molecule has 2 amide bonds. The monoisotopic (exact) mass is 610 g/mol. The van der Waals surface area contributed by atoms with Gasteiger partial charge < -0.3 is 15.6 Å². The van der Waals surface area contributed by atoms with Gasteiger partial charge in [-0.3, -0.25) is 9.59 Å². The third-order valence-electron chi connectivity index (χ3n) is 7.28. The van der Waals surface area contributed by atoms with Crippen LogP contribution in [0.25, 0.3) is 11.0 Å². The molecule has 0 bridgehead atoms. The van der Waals surface area contributed by atoms with Crippen LogP contribution in [0.5, 0.6) is 0 Å². The number of nitrogens with one attached hydrogen (secondary N) is 3. The lowest BCUT2D eigenvalue weighted by Crippen LogP contribution is -2.45. The maximum atomic E-state index is 15.7. The van der Waals surface area contributed by atoms with E-state index < -0.39 is 90.4 Å². The van der Waals surface area contributed by atoms with Crippen molar-refractivity contribution in [1.29, 1.82) is 0 Å². The second-order valence-corrected chi connectivity index (χ2v) is 10.3. The lowest BCUT2D eigenvalue weighted by molar-refractivity contribution is -0.158. The fourth-order valence-electron chi connectivity index (χ4n) is 4.89. The molecule has 17 heteroatoms. The number of aromatic nitrogens is 4. The van der Waals surface area contributed by atoms with Crippen molar-refractivity contribution >= 4 is 22.8 Å². The first-order chi connectivity index (χ1) is 19.6. The van der Waals surface area contributed by atoms with E-state index in [0.29, 0.717) is 6.92 Å². The van der Waals surface area contributed by atoms with Crippen LogP contribution < -0.4 is 10.6 Å². The average Bonchev–Trinajstić information content (AvgIpc) is 3.52. The largest absolute Gasteiger partial charge is 0.408 e. The van der Waals surface area contributed by atoms with Crippen LogP contribution in [0, 0.1) is 18.7 Å². The first kappa shape index (κ1) is 31.2. The molecule has 0 spiro atoms. The molecule has 230 valence electrons. The van der Waals surface area contributed by atoms with Crippen molar-refractivity contribution in [2.24, 2.45) is 5.92 Å². The number of H-pyrrole nitrogens is 1. The van der Waals surface area contributed by atoms with E-state index in [9.17, 15) is 40.3 Å². The zero-order valence-electron chi connectivity index (χ0n) is 22.2. The van der Waals surface area contributed by atoms with Crippen molar-refractivity contribution in [2.45, 2.75) is 82.5 Å². The number of nitrogens with zero attached hydrogens (tertiary/aromatic N) is 3. The molecular weight excluding hydrogens is 584 g/mol. The normalized spacial score (nSPS) is 18.2. The molecule has 1 aromatic carbocycles. The summed E-state index contributed by atoms with van der Waals surface area (Å²) in [7, 11) is 0. The van der Waals surface area contributed by atoms with E-state index in [-0.39, 0.29) is 35.6 Å². The molecule has 1 aliphatic rings. The second kappa shape index (κ2) is 11.8. The van der Waals surface area contributed by atoms with Gasteiger partial charge in [-0.2, -0.15) is 13.2 Å². The minimum absolute atomic E-state index is 0.00536. The summed E-state index contributed by atoms with van der Waals surface area (Å²) in [5.41, 5.74) is -1.09. The smallest absolute Gasteiger partial charge is 0.344 e. The van der Waals surface area contributed by atoms with Crippen LogP contribution in [0.3, 0.4) is 0 Å². The number of imidazole rings is 1. The number of carbonyl (C=O) groups excluding carboxylic acids is 2. The van der Waals surface area contributed by atoms with E-state index in [2.05, 4.69) is 30.2 Å². The third-order valence-corrected chi connectivity index (χ3v) is 7.28. The SMILES string of the molecule is Cc1nonc1C(=O)N[C@H](c1nc2c(F)c([C@@H](CC(F)F)C(=O)N[C@@H](C)C(F)(F)F)ccc2[nH]1)C1CCC(F)(F)CC1. The van der Waals surface area contributed by atoms with Crippen LogP contribution in [0.4, 0.5) is 35.1 Å². The van der Waals surface area contributed by atoms with E-state index >= 15 is 4.39 Å². The van der Waals surface area contributed by atoms with Gasteiger partial charge in [-0.05, 0) is 43.8 Å². The van der Waals surface area contributed by atoms with Crippen LogP contribution in [0.1, 0.15) is 78.6 Å². The number of amides is 2. The van der Waals surface area contributed by atoms with E-state index in [1.165, 1.54) is 13.0 Å². The lowest BCUT2D eigenvalue weighted by Gasteiger charge is -2.33. The van der Waals surface area contributed by atoms with Gasteiger partial charge in [-0.15, -0.1) is 0 Å². The molecular formula is C25H26F8N6O3. The summed E-state index contributed by atoms with van der Waals surface area (Å²) < 4.78 is 114. The molecule has 3 N–H and O–H groups in total. The molecule has 1 saturated carbocycles. The van der Waals surface area contributed by atoms with Crippen molar-refractivity contribution in [3.8, 4) is 0 Å². The van der Waals surface area contributed by atoms with Gasteiger partial charge in [0.1, 0.15) is 23.1 Å². The number of aromatic amines is 1. The second-order valence-electron chi connectivity index (χ2n) is 10.3. The van der Waals surface area contributed by atoms with Gasteiger partial charge in [0.25, 0.3) is 5.91 Å². The summed E-state index contributed by atoms with van der Waals surface area (Å²) in [5, 5.41) is 11.3. The summed E-state index contributed by atoms with van der Waals surface area (Å²) >= 11 is 0. The van der Waals surface area contributed by atoms with Gasteiger partial charge in [0.05, 0.1) is 17.5 Å². The Labute approximate surface area is 232 Å². The number of rotatable bonds is 9. The van der Waals surface area contributed by atoms with Gasteiger partial charge in [0.2, 0.25) is 18.3 Å². The maximum Gasteiger partial charge on any atom is 0.408 e. The Balaban J connectivity index is 1.70. The number of hydrogen-bond donors (Lipinski definition) is 3. The highest BCUT2D eigenvalue weighted by atomic mass is 19.4. The van der Waals surface area contributed by atoms with Crippen LogP contribution in [0.2, 0.25) is 0 Å². The minimum atomic E-state index is -4.87. The molecule has 1 aliphatic carbocycles. The Bertz CT molecular complexity index is 1430. The average molecular weight is 611 g/mol. The van der Waals surface area contributed by atoms with Crippen LogP contribution >= 0.6 is 0 Å². The Morgan fingerprint density at radius 1 is 1.14 bits per heavy atom. The highest BCUT2D eigenvalue weighted by Crippen LogP contribution is 2.41. The molecule has 0 aliphatic heterocycles. The Kier molecular flexibility index (Phi) is 8.78. The Morgan fingerprint density at radius 3 is 2.38 bits per heavy atom. The molecule has 1 fully saturated rings. The number of fused-ring (bicyclic) bond motifs is 1. The van der Waals surface area contributed by atoms with E-state index in [1.54, 1.807) is 5.32 Å². The number of halogens is 8. The fraction of sp³-hybridized carbons (Fsp3) is 0.560. The minimum Gasteiger partial charge on any atom is -0.344 e. The Hall–Kier alpha value is -3.79. The predicted molar refractivity (Wildman–Crippen MR) is 129 cm³/mol. The first-order valence-electron chi connectivity index (χ1n) is 12.9. The Morgan fingerprint density at radius 2 is 1.81 bits per heavy atom. The molecule has 0 radical (unpaired) electrons. The van der Waals surface area contributed by atoms with Crippen molar-refractivity contribution in [3.63, 3.8) is 0 Å². The molecule has 42 heavy (non-hydrogen) atoms. The molecule has 0 saturated heterocycles. The summed E-state index contributed by atoms with van der Waals surface area (Å²) in [6.07, 6.45) is -10.3. The van der Waals surface area contributed by atoms with Gasteiger partial charge in [-0.25, -0.2) is 31.6 Å². The number of alkyl halides is 7. The van der Waals surface area contributed by atoms with Gasteiger partial charge in [0.15, 0.2) is 11.5 Å². The predicted octanol–water partition coefficient (Wildman–Crippen LogP) is 5.50. The van der Waals surface area contributed by atoms with Gasteiger partial charge >= 0.3 is 6.18 Å². The van der Waals surface area contributed by atoms with Crippen LogP contribution in [-0.4, -0.2) is 56.7 Å². The van der Waals surface area contributed by atoms with Crippen molar-refractivity contribution in [2.75, 3.05) is 0 Å². The lowest BCUT2D eigenvalue weighted by atomic mass is 9.81. The van der Waals surface area contributed by atoms with Crippen molar-refractivity contribution in [1.82, 2.24) is 30.9 Å². The molecule has 3 aromatic rings. The van der Waals surface area contributed by atoms with Crippen molar-refractivity contribution < 1.29 is 49.3 Å². The first-order valence-corrected chi connectivity index (χ1v) is 12.9. The summed E-state index contributed by atoms with van der Waals surface area (Å²) in [6, 6.07) is -1.27. The van der Waals surface area contributed by atoms with Crippen LogP contribution in [0.15, 0.2) is 16.8 Å².